The number of carbonyl (C=O) groups excluding carboxylic acids is 1. The fourth-order valence-electron chi connectivity index (χ4n) is 1.75. The molecule has 0 bridgehead atoms. The predicted molar refractivity (Wildman–Crippen MR) is 73.9 cm³/mol. The molecular formula is C15H13ClNO2-. The summed E-state index contributed by atoms with van der Waals surface area (Å²) < 4.78 is 0. The Morgan fingerprint density at radius 1 is 1.11 bits per heavy atom. The molecule has 0 unspecified atom stereocenters. The number of carboxylic acid groups (broad SMARTS) is 1. The highest BCUT2D eigenvalue weighted by molar-refractivity contribution is 6.31. The summed E-state index contributed by atoms with van der Waals surface area (Å²) in [6.07, 6.45) is -0.0647. The molecule has 0 saturated carbocycles. The van der Waals surface area contributed by atoms with Gasteiger partial charge in [-0.1, -0.05) is 41.9 Å². The molecule has 0 fully saturated rings. The van der Waals surface area contributed by atoms with Crippen LogP contribution in [0.25, 0.3) is 0 Å². The lowest BCUT2D eigenvalue weighted by molar-refractivity contribution is -0.304. The third-order valence-electron chi connectivity index (χ3n) is 2.74. The summed E-state index contributed by atoms with van der Waals surface area (Å²) >= 11 is 6.06. The summed E-state index contributed by atoms with van der Waals surface area (Å²) in [6, 6.07) is 14.9. The highest BCUT2D eigenvalue weighted by Gasteiger charge is 1.99. The topological polar surface area (TPSA) is 52.2 Å². The summed E-state index contributed by atoms with van der Waals surface area (Å²) in [6.45, 7) is 0.625. The first-order valence-electron chi connectivity index (χ1n) is 5.91. The van der Waals surface area contributed by atoms with Gasteiger partial charge in [-0.15, -0.1) is 0 Å². The number of nitrogens with one attached hydrogen (secondary N) is 1. The van der Waals surface area contributed by atoms with Crippen molar-refractivity contribution in [2.45, 2.75) is 13.0 Å². The van der Waals surface area contributed by atoms with E-state index in [2.05, 4.69) is 5.32 Å². The number of benzene rings is 2. The highest BCUT2D eigenvalue weighted by atomic mass is 35.5. The molecule has 4 heteroatoms. The first kappa shape index (κ1) is 13.4. The number of carboxylic acids is 1. The van der Waals surface area contributed by atoms with Gasteiger partial charge < -0.3 is 15.2 Å². The standard InChI is InChI=1S/C15H14ClNO2/c16-14-4-2-1-3-12(14)10-17-13-7-5-11(6-8-13)9-15(18)19/h1-8,17H,9-10H2,(H,18,19)/p-1. The average molecular weight is 275 g/mol. The molecule has 0 radical (unpaired) electrons. The SMILES string of the molecule is O=C([O-])Cc1ccc(NCc2ccccc2Cl)cc1. The third-order valence-corrected chi connectivity index (χ3v) is 3.11. The Morgan fingerprint density at radius 2 is 1.79 bits per heavy atom. The number of hydrogen-bond acceptors (Lipinski definition) is 3. The Hall–Kier alpha value is -2.00. The van der Waals surface area contributed by atoms with Crippen LogP contribution in [0.15, 0.2) is 48.5 Å². The van der Waals surface area contributed by atoms with E-state index in [1.54, 1.807) is 12.1 Å². The summed E-state index contributed by atoms with van der Waals surface area (Å²) in [4.78, 5) is 10.5. The number of halogens is 1. The summed E-state index contributed by atoms with van der Waals surface area (Å²) in [5, 5.41) is 14.4. The Bertz CT molecular complexity index is 567. The van der Waals surface area contributed by atoms with Gasteiger partial charge in [0.2, 0.25) is 0 Å². The van der Waals surface area contributed by atoms with Gasteiger partial charge in [0, 0.05) is 29.6 Å². The largest absolute Gasteiger partial charge is 0.550 e. The highest BCUT2D eigenvalue weighted by Crippen LogP contribution is 2.17. The molecule has 2 aromatic carbocycles. The maximum absolute atomic E-state index is 10.5. The quantitative estimate of drug-likeness (QED) is 0.910. The minimum absolute atomic E-state index is 0.0647. The van der Waals surface area contributed by atoms with Crippen molar-refractivity contribution < 1.29 is 9.90 Å². The van der Waals surface area contributed by atoms with Gasteiger partial charge in [0.1, 0.15) is 0 Å². The van der Waals surface area contributed by atoms with Gasteiger partial charge in [-0.25, -0.2) is 0 Å². The summed E-state index contributed by atoms with van der Waals surface area (Å²) in [7, 11) is 0. The maximum Gasteiger partial charge on any atom is 0.0458 e. The average Bonchev–Trinajstić information content (AvgIpc) is 2.39. The fraction of sp³-hybridized carbons (Fsp3) is 0.133. The number of carbonyl (C=O) groups is 1. The van der Waals surface area contributed by atoms with Crippen LogP contribution in [0.5, 0.6) is 0 Å². The predicted octanol–water partition coefficient (Wildman–Crippen LogP) is 2.24. The van der Waals surface area contributed by atoms with Crippen molar-refractivity contribution in [2.75, 3.05) is 5.32 Å². The monoisotopic (exact) mass is 274 g/mol. The number of aliphatic carboxylic acids is 1. The van der Waals surface area contributed by atoms with Crippen LogP contribution in [0.1, 0.15) is 11.1 Å². The van der Waals surface area contributed by atoms with E-state index in [0.717, 1.165) is 21.8 Å². The smallest absolute Gasteiger partial charge is 0.0458 e. The van der Waals surface area contributed by atoms with Gasteiger partial charge in [-0.2, -0.15) is 0 Å². The lowest BCUT2D eigenvalue weighted by atomic mass is 10.1. The Labute approximate surface area is 116 Å². The number of rotatable bonds is 5. The fourth-order valence-corrected chi connectivity index (χ4v) is 1.95. The van der Waals surface area contributed by atoms with Crippen LogP contribution >= 0.6 is 11.6 Å². The van der Waals surface area contributed by atoms with Crippen LogP contribution in [0.2, 0.25) is 5.02 Å². The van der Waals surface area contributed by atoms with Crippen molar-refractivity contribution in [3.63, 3.8) is 0 Å². The normalized spacial score (nSPS) is 10.2. The van der Waals surface area contributed by atoms with E-state index in [-0.39, 0.29) is 6.42 Å². The van der Waals surface area contributed by atoms with Gasteiger partial charge in [0.25, 0.3) is 0 Å². The molecule has 0 heterocycles. The zero-order valence-electron chi connectivity index (χ0n) is 10.2. The minimum Gasteiger partial charge on any atom is -0.550 e. The van der Waals surface area contributed by atoms with Gasteiger partial charge in [-0.05, 0) is 29.3 Å². The Kier molecular flexibility index (Phi) is 4.42. The molecular weight excluding hydrogens is 262 g/mol. The second-order valence-corrected chi connectivity index (χ2v) is 4.60. The molecule has 3 nitrogen and oxygen atoms in total. The molecule has 0 aliphatic carbocycles. The zero-order chi connectivity index (χ0) is 13.7. The van der Waals surface area contributed by atoms with Crippen molar-refractivity contribution in [2.24, 2.45) is 0 Å². The van der Waals surface area contributed by atoms with Crippen LogP contribution in [0.3, 0.4) is 0 Å². The summed E-state index contributed by atoms with van der Waals surface area (Å²) in [5.74, 6) is -1.07. The van der Waals surface area contributed by atoms with Crippen LogP contribution in [-0.4, -0.2) is 5.97 Å². The molecule has 2 rings (SSSR count). The van der Waals surface area contributed by atoms with Crippen LogP contribution < -0.4 is 10.4 Å². The molecule has 98 valence electrons. The van der Waals surface area contributed by atoms with Crippen molar-refractivity contribution in [1.82, 2.24) is 0 Å². The molecule has 19 heavy (non-hydrogen) atoms. The van der Waals surface area contributed by atoms with E-state index in [9.17, 15) is 9.90 Å². The molecule has 0 aliphatic rings. The van der Waals surface area contributed by atoms with Gasteiger partial charge in [0.15, 0.2) is 0 Å². The molecule has 0 atom stereocenters. The van der Waals surface area contributed by atoms with E-state index < -0.39 is 5.97 Å². The lowest BCUT2D eigenvalue weighted by Gasteiger charge is -2.09. The number of anilines is 1. The second kappa shape index (κ2) is 6.25. The van der Waals surface area contributed by atoms with E-state index in [1.807, 2.05) is 36.4 Å². The molecule has 0 amide bonds. The van der Waals surface area contributed by atoms with Crippen molar-refractivity contribution in [1.29, 1.82) is 0 Å². The van der Waals surface area contributed by atoms with Gasteiger partial charge in [0.05, 0.1) is 0 Å². The van der Waals surface area contributed by atoms with Crippen molar-refractivity contribution in [3.8, 4) is 0 Å². The molecule has 0 spiro atoms. The van der Waals surface area contributed by atoms with Gasteiger partial charge in [-0.3, -0.25) is 0 Å². The minimum atomic E-state index is -1.07. The third kappa shape index (κ3) is 4.00. The zero-order valence-corrected chi connectivity index (χ0v) is 11.0. The lowest BCUT2D eigenvalue weighted by Crippen LogP contribution is -2.24. The van der Waals surface area contributed by atoms with Crippen LogP contribution in [-0.2, 0) is 17.8 Å². The van der Waals surface area contributed by atoms with Crippen LogP contribution in [0.4, 0.5) is 5.69 Å². The molecule has 0 aliphatic heterocycles. The number of hydrogen-bond donors (Lipinski definition) is 1. The van der Waals surface area contributed by atoms with E-state index in [4.69, 9.17) is 11.6 Å². The van der Waals surface area contributed by atoms with Crippen molar-refractivity contribution >= 4 is 23.3 Å². The Morgan fingerprint density at radius 3 is 2.42 bits per heavy atom. The molecule has 0 saturated heterocycles. The second-order valence-electron chi connectivity index (χ2n) is 4.19. The first-order chi connectivity index (χ1) is 9.15. The van der Waals surface area contributed by atoms with E-state index >= 15 is 0 Å². The van der Waals surface area contributed by atoms with Crippen molar-refractivity contribution in [3.05, 3.63) is 64.7 Å². The molecule has 1 N–H and O–H groups in total. The van der Waals surface area contributed by atoms with Crippen LogP contribution in [0, 0.1) is 0 Å². The molecule has 0 aromatic heterocycles. The molecule has 2 aromatic rings. The maximum atomic E-state index is 10.5. The van der Waals surface area contributed by atoms with E-state index in [1.165, 1.54) is 0 Å². The van der Waals surface area contributed by atoms with E-state index in [0.29, 0.717) is 6.54 Å². The first-order valence-corrected chi connectivity index (χ1v) is 6.29. The van der Waals surface area contributed by atoms with Gasteiger partial charge >= 0.3 is 0 Å². The Balaban J connectivity index is 1.97. The summed E-state index contributed by atoms with van der Waals surface area (Å²) in [5.41, 5.74) is 2.66.